The average Bonchev–Trinajstić information content (AvgIpc) is 3.51. The molecule has 5 N–H and O–H groups in total. The van der Waals surface area contributed by atoms with Gasteiger partial charge in [-0.1, -0.05) is 12.1 Å². The summed E-state index contributed by atoms with van der Waals surface area (Å²) < 4.78 is 12.9. The molecule has 1 fully saturated rings. The molecule has 1 aliphatic heterocycles. The number of aliphatic hydroxyl groups is 1. The highest BCUT2D eigenvalue weighted by atomic mass is 16.5. The molecule has 0 saturated carbocycles. The Morgan fingerprint density at radius 3 is 2.70 bits per heavy atom. The molecule has 2 amide bonds. The second-order valence-corrected chi connectivity index (χ2v) is 9.01. The molecule has 198 valence electrons. The average molecular weight is 513 g/mol. The summed E-state index contributed by atoms with van der Waals surface area (Å²) in [4.78, 5) is 39.9. The molecule has 0 unspecified atom stereocenters. The SMILES string of the molecule is COc1ccc(C[C@H](N)C(=O)NCC(=O)N[C@@H]2C[C@H](n3cnc4c(N(C)C)ncnc43)O[C@@H]2CO)cc1. The van der Waals surface area contributed by atoms with Crippen molar-refractivity contribution in [2.45, 2.75) is 37.3 Å². The predicted molar refractivity (Wildman–Crippen MR) is 135 cm³/mol. The summed E-state index contributed by atoms with van der Waals surface area (Å²) in [6, 6.07) is 5.97. The first-order chi connectivity index (χ1) is 17.8. The number of methoxy groups -OCH3 is 1. The summed E-state index contributed by atoms with van der Waals surface area (Å²) in [6.45, 7) is -0.535. The van der Waals surface area contributed by atoms with E-state index in [4.69, 9.17) is 15.2 Å². The molecule has 1 saturated heterocycles. The molecule has 0 aliphatic carbocycles. The normalized spacial score (nSPS) is 20.0. The Morgan fingerprint density at radius 2 is 2.03 bits per heavy atom. The van der Waals surface area contributed by atoms with Gasteiger partial charge in [-0.25, -0.2) is 15.0 Å². The van der Waals surface area contributed by atoms with Crippen molar-refractivity contribution in [2.75, 3.05) is 39.3 Å². The molecule has 4 rings (SSSR count). The summed E-state index contributed by atoms with van der Waals surface area (Å²) in [5.74, 6) is 0.536. The lowest BCUT2D eigenvalue weighted by Gasteiger charge is -2.18. The van der Waals surface area contributed by atoms with Gasteiger partial charge in [-0.2, -0.15) is 0 Å². The van der Waals surface area contributed by atoms with Crippen LogP contribution >= 0.6 is 0 Å². The monoisotopic (exact) mass is 512 g/mol. The molecule has 3 aromatic rings. The van der Waals surface area contributed by atoms with Crippen molar-refractivity contribution in [3.05, 3.63) is 42.5 Å². The van der Waals surface area contributed by atoms with Gasteiger partial charge in [0, 0.05) is 20.5 Å². The van der Waals surface area contributed by atoms with Crippen LogP contribution in [0.15, 0.2) is 36.9 Å². The molecule has 13 heteroatoms. The molecular weight excluding hydrogens is 480 g/mol. The predicted octanol–water partition coefficient (Wildman–Crippen LogP) is -0.648. The molecule has 0 bridgehead atoms. The third-order valence-corrected chi connectivity index (χ3v) is 6.21. The van der Waals surface area contributed by atoms with E-state index in [1.165, 1.54) is 6.33 Å². The Hall–Kier alpha value is -3.81. The third-order valence-electron chi connectivity index (χ3n) is 6.21. The number of hydrogen-bond acceptors (Lipinski definition) is 10. The number of rotatable bonds is 10. The number of carbonyl (C=O) groups excluding carboxylic acids is 2. The van der Waals surface area contributed by atoms with E-state index in [1.54, 1.807) is 30.1 Å². The first-order valence-corrected chi connectivity index (χ1v) is 11.9. The second kappa shape index (κ2) is 11.5. The van der Waals surface area contributed by atoms with Crippen LogP contribution in [0.25, 0.3) is 11.2 Å². The van der Waals surface area contributed by atoms with Crippen LogP contribution in [0.3, 0.4) is 0 Å². The zero-order chi connectivity index (χ0) is 26.5. The van der Waals surface area contributed by atoms with Gasteiger partial charge in [0.2, 0.25) is 11.8 Å². The van der Waals surface area contributed by atoms with Crippen molar-refractivity contribution in [3.63, 3.8) is 0 Å². The van der Waals surface area contributed by atoms with E-state index < -0.39 is 36.2 Å². The number of ether oxygens (including phenoxy) is 2. The fraction of sp³-hybridized carbons (Fsp3) is 0.458. The highest BCUT2D eigenvalue weighted by Crippen LogP contribution is 2.32. The second-order valence-electron chi connectivity index (χ2n) is 9.01. The van der Waals surface area contributed by atoms with Crippen LogP contribution in [-0.4, -0.2) is 89.0 Å². The first-order valence-electron chi connectivity index (χ1n) is 11.9. The number of hydrogen-bond donors (Lipinski definition) is 4. The minimum absolute atomic E-state index is 0.248. The van der Waals surface area contributed by atoms with Gasteiger partial charge in [-0.3, -0.25) is 14.2 Å². The molecule has 0 spiro atoms. The highest BCUT2D eigenvalue weighted by molar-refractivity contribution is 5.87. The van der Waals surface area contributed by atoms with Crippen molar-refractivity contribution in [2.24, 2.45) is 5.73 Å². The number of nitrogens with one attached hydrogen (secondary N) is 2. The van der Waals surface area contributed by atoms with Crippen molar-refractivity contribution in [1.82, 2.24) is 30.2 Å². The zero-order valence-corrected chi connectivity index (χ0v) is 21.0. The lowest BCUT2D eigenvalue weighted by Crippen LogP contribution is -2.49. The molecule has 2 aromatic heterocycles. The van der Waals surface area contributed by atoms with E-state index in [9.17, 15) is 14.7 Å². The van der Waals surface area contributed by atoms with Gasteiger partial charge in [0.05, 0.1) is 38.7 Å². The Bertz CT molecular complexity index is 1230. The maximum absolute atomic E-state index is 12.6. The Balaban J connectivity index is 1.32. The third kappa shape index (κ3) is 5.96. The highest BCUT2D eigenvalue weighted by Gasteiger charge is 2.37. The molecule has 3 heterocycles. The molecule has 0 radical (unpaired) electrons. The number of fused-ring (bicyclic) bond motifs is 1. The summed E-state index contributed by atoms with van der Waals surface area (Å²) in [5, 5.41) is 15.2. The maximum atomic E-state index is 12.6. The number of anilines is 1. The summed E-state index contributed by atoms with van der Waals surface area (Å²) >= 11 is 0. The number of aromatic nitrogens is 4. The number of carbonyl (C=O) groups is 2. The van der Waals surface area contributed by atoms with Crippen molar-refractivity contribution in [1.29, 1.82) is 0 Å². The van der Waals surface area contributed by atoms with Crippen molar-refractivity contribution < 1.29 is 24.2 Å². The van der Waals surface area contributed by atoms with Crippen LogP contribution in [0, 0.1) is 0 Å². The van der Waals surface area contributed by atoms with Crippen molar-refractivity contribution >= 4 is 28.8 Å². The molecule has 4 atom stereocenters. The van der Waals surface area contributed by atoms with Gasteiger partial charge in [0.15, 0.2) is 17.0 Å². The van der Waals surface area contributed by atoms with E-state index >= 15 is 0 Å². The van der Waals surface area contributed by atoms with Crippen LogP contribution in [0.1, 0.15) is 18.2 Å². The molecule has 37 heavy (non-hydrogen) atoms. The fourth-order valence-corrected chi connectivity index (χ4v) is 4.26. The summed E-state index contributed by atoms with van der Waals surface area (Å²) in [7, 11) is 5.31. The Labute approximate surface area is 214 Å². The topological polar surface area (TPSA) is 170 Å². The van der Waals surface area contributed by atoms with Crippen molar-refractivity contribution in [3.8, 4) is 5.75 Å². The number of nitrogens with two attached hydrogens (primary N) is 1. The van der Waals surface area contributed by atoms with Gasteiger partial charge in [0.1, 0.15) is 24.4 Å². The number of amides is 2. The molecule has 1 aromatic carbocycles. The van der Waals surface area contributed by atoms with Gasteiger partial charge >= 0.3 is 0 Å². The number of benzene rings is 1. The van der Waals surface area contributed by atoms with Crippen LogP contribution in [0.2, 0.25) is 0 Å². The quantitative estimate of drug-likeness (QED) is 0.274. The lowest BCUT2D eigenvalue weighted by atomic mass is 10.1. The Kier molecular flexibility index (Phi) is 8.16. The van der Waals surface area contributed by atoms with Crippen LogP contribution in [-0.2, 0) is 20.7 Å². The molecule has 13 nitrogen and oxygen atoms in total. The minimum atomic E-state index is -0.811. The van der Waals surface area contributed by atoms with E-state index in [0.717, 1.165) is 5.56 Å². The molecular formula is C24H32N8O5. The Morgan fingerprint density at radius 1 is 1.27 bits per heavy atom. The van der Waals surface area contributed by atoms with Gasteiger partial charge < -0.3 is 35.8 Å². The zero-order valence-electron chi connectivity index (χ0n) is 21.0. The first kappa shape index (κ1) is 26.3. The molecule has 1 aliphatic rings. The largest absolute Gasteiger partial charge is 0.497 e. The van der Waals surface area contributed by atoms with Crippen LogP contribution < -0.4 is 26.0 Å². The van der Waals surface area contributed by atoms with Crippen LogP contribution in [0.4, 0.5) is 5.82 Å². The van der Waals surface area contributed by atoms with E-state index in [0.29, 0.717) is 35.6 Å². The number of nitrogens with zero attached hydrogens (tertiary/aromatic N) is 5. The fourth-order valence-electron chi connectivity index (χ4n) is 4.26. The van der Waals surface area contributed by atoms with Gasteiger partial charge in [-0.05, 0) is 24.1 Å². The van der Waals surface area contributed by atoms with E-state index in [-0.39, 0.29) is 13.2 Å². The van der Waals surface area contributed by atoms with E-state index in [1.807, 2.05) is 31.1 Å². The summed E-state index contributed by atoms with van der Waals surface area (Å²) in [6.07, 6.45) is 2.64. The maximum Gasteiger partial charge on any atom is 0.239 e. The number of imidazole rings is 1. The summed E-state index contributed by atoms with van der Waals surface area (Å²) in [5.41, 5.74) is 8.10. The standard InChI is InChI=1S/C24H32N8O5/c1-31(2)22-21-23(28-12-27-22)32(13-29-21)20-9-17(18(11-33)37-20)30-19(34)10-26-24(35)16(25)8-14-4-6-15(36-3)7-5-14/h4-7,12-13,16-18,20,33H,8-11,25H2,1-3H3,(H,26,35)(H,30,34)/t16-,17+,18+,20+/m0/s1. The lowest BCUT2D eigenvalue weighted by molar-refractivity contribution is -0.127. The van der Waals surface area contributed by atoms with E-state index in [2.05, 4.69) is 25.6 Å². The van der Waals surface area contributed by atoms with Crippen LogP contribution in [0.5, 0.6) is 5.75 Å². The number of aliphatic hydroxyl groups excluding tert-OH is 1. The smallest absolute Gasteiger partial charge is 0.239 e. The van der Waals surface area contributed by atoms with Gasteiger partial charge in [-0.15, -0.1) is 0 Å². The minimum Gasteiger partial charge on any atom is -0.497 e. The van der Waals surface area contributed by atoms with Gasteiger partial charge in [0.25, 0.3) is 0 Å².